The first-order valence-electron chi connectivity index (χ1n) is 12.5. The third-order valence-corrected chi connectivity index (χ3v) is 6.44. The molecular weight excluding hydrogens is 456 g/mol. The van der Waals surface area contributed by atoms with E-state index in [1.807, 2.05) is 105 Å². The number of hydrogen-bond acceptors (Lipinski definition) is 6. The van der Waals surface area contributed by atoms with Gasteiger partial charge in [0.2, 0.25) is 5.79 Å². The summed E-state index contributed by atoms with van der Waals surface area (Å²) in [5, 5.41) is 0. The van der Waals surface area contributed by atoms with Crippen LogP contribution in [-0.2, 0) is 48.2 Å². The van der Waals surface area contributed by atoms with Gasteiger partial charge >= 0.3 is 0 Å². The molecule has 4 atom stereocenters. The van der Waals surface area contributed by atoms with Crippen LogP contribution in [0.4, 0.5) is 0 Å². The van der Waals surface area contributed by atoms with E-state index in [4.69, 9.17) is 28.4 Å². The fraction of sp³-hybridized carbons (Fsp3) is 0.400. The highest BCUT2D eigenvalue weighted by Gasteiger charge is 2.63. The second-order valence-electron chi connectivity index (χ2n) is 9.74. The third-order valence-electron chi connectivity index (χ3n) is 6.44. The van der Waals surface area contributed by atoms with Crippen LogP contribution in [0, 0.1) is 0 Å². The third kappa shape index (κ3) is 6.03. The first kappa shape index (κ1) is 25.1. The summed E-state index contributed by atoms with van der Waals surface area (Å²) in [4.78, 5) is 0. The van der Waals surface area contributed by atoms with Crippen molar-refractivity contribution in [3.05, 3.63) is 108 Å². The van der Waals surface area contributed by atoms with Gasteiger partial charge in [-0.05, 0) is 30.5 Å². The van der Waals surface area contributed by atoms with Gasteiger partial charge in [-0.1, -0.05) is 91.0 Å². The van der Waals surface area contributed by atoms with E-state index in [2.05, 4.69) is 0 Å². The lowest BCUT2D eigenvalue weighted by Gasteiger charge is -2.31. The topological polar surface area (TPSA) is 55.4 Å². The van der Waals surface area contributed by atoms with Crippen molar-refractivity contribution in [3.63, 3.8) is 0 Å². The molecule has 2 heterocycles. The van der Waals surface area contributed by atoms with E-state index in [-0.39, 0.29) is 6.61 Å². The van der Waals surface area contributed by atoms with Crippen LogP contribution in [0.15, 0.2) is 91.0 Å². The Morgan fingerprint density at radius 1 is 0.722 bits per heavy atom. The summed E-state index contributed by atoms with van der Waals surface area (Å²) in [6.07, 6.45) is -1.31. The van der Waals surface area contributed by atoms with Gasteiger partial charge in [0.05, 0.1) is 26.4 Å². The summed E-state index contributed by atoms with van der Waals surface area (Å²) in [6, 6.07) is 30.3. The lowest BCUT2D eigenvalue weighted by atomic mass is 10.0. The van der Waals surface area contributed by atoms with Crippen LogP contribution in [0.25, 0.3) is 0 Å². The Balaban J connectivity index is 1.36. The van der Waals surface area contributed by atoms with Gasteiger partial charge in [-0.15, -0.1) is 0 Å². The Bertz CT molecular complexity index is 1070. The molecule has 0 aliphatic carbocycles. The lowest BCUT2D eigenvalue weighted by Crippen LogP contribution is -2.48. The SMILES string of the molecule is CC1(C)OCC2(O[C@H](COCc3ccccc3)[C@@H](OCc3ccccc3)[C@@H]2OCc2ccccc2)O1. The minimum atomic E-state index is -1.08. The van der Waals surface area contributed by atoms with E-state index in [1.165, 1.54) is 0 Å². The van der Waals surface area contributed by atoms with Crippen molar-refractivity contribution in [2.75, 3.05) is 13.2 Å². The molecule has 2 aliphatic rings. The Morgan fingerprint density at radius 3 is 1.78 bits per heavy atom. The maximum atomic E-state index is 6.56. The van der Waals surface area contributed by atoms with Crippen LogP contribution < -0.4 is 0 Å². The van der Waals surface area contributed by atoms with Gasteiger partial charge in [-0.2, -0.15) is 0 Å². The molecule has 0 bridgehead atoms. The Labute approximate surface area is 213 Å². The van der Waals surface area contributed by atoms with Gasteiger partial charge in [0.1, 0.15) is 24.9 Å². The number of hydrogen-bond donors (Lipinski definition) is 0. The zero-order valence-electron chi connectivity index (χ0n) is 20.9. The molecule has 0 N–H and O–H groups in total. The smallest absolute Gasteiger partial charge is 0.224 e. The Morgan fingerprint density at radius 2 is 1.25 bits per heavy atom. The minimum absolute atomic E-state index is 0.250. The molecule has 36 heavy (non-hydrogen) atoms. The molecule has 2 aliphatic heterocycles. The average Bonchev–Trinajstić information content (AvgIpc) is 3.37. The predicted octanol–water partition coefficient (Wildman–Crippen LogP) is 5.25. The normalized spacial score (nSPS) is 27.0. The molecule has 0 aromatic heterocycles. The molecule has 3 aromatic rings. The van der Waals surface area contributed by atoms with Gasteiger partial charge in [-0.25, -0.2) is 0 Å². The number of ether oxygens (including phenoxy) is 6. The maximum Gasteiger partial charge on any atom is 0.224 e. The summed E-state index contributed by atoms with van der Waals surface area (Å²) >= 11 is 0. The molecule has 3 aromatic carbocycles. The molecule has 5 rings (SSSR count). The average molecular weight is 491 g/mol. The van der Waals surface area contributed by atoms with Crippen LogP contribution in [-0.4, -0.2) is 43.1 Å². The zero-order chi connectivity index (χ0) is 24.8. The van der Waals surface area contributed by atoms with Crippen molar-refractivity contribution in [3.8, 4) is 0 Å². The molecule has 2 fully saturated rings. The molecule has 6 nitrogen and oxygen atoms in total. The highest BCUT2D eigenvalue weighted by atomic mass is 16.9. The van der Waals surface area contributed by atoms with E-state index in [0.29, 0.717) is 26.4 Å². The molecule has 0 amide bonds. The van der Waals surface area contributed by atoms with Crippen LogP contribution >= 0.6 is 0 Å². The molecule has 6 heteroatoms. The molecule has 2 saturated heterocycles. The van der Waals surface area contributed by atoms with Crippen molar-refractivity contribution in [2.45, 2.75) is 63.6 Å². The van der Waals surface area contributed by atoms with Gasteiger partial charge in [0.15, 0.2) is 5.79 Å². The first-order valence-corrected chi connectivity index (χ1v) is 12.5. The molecular formula is C30H34O6. The van der Waals surface area contributed by atoms with Crippen molar-refractivity contribution in [2.24, 2.45) is 0 Å². The molecule has 1 unspecified atom stereocenters. The predicted molar refractivity (Wildman–Crippen MR) is 135 cm³/mol. The maximum absolute atomic E-state index is 6.56. The van der Waals surface area contributed by atoms with Gasteiger partial charge < -0.3 is 28.4 Å². The van der Waals surface area contributed by atoms with E-state index >= 15 is 0 Å². The first-order chi connectivity index (χ1) is 17.5. The lowest BCUT2D eigenvalue weighted by molar-refractivity contribution is -0.278. The molecule has 0 saturated carbocycles. The molecule has 1 spiro atoms. The van der Waals surface area contributed by atoms with Crippen LogP contribution in [0.5, 0.6) is 0 Å². The quantitative estimate of drug-likeness (QED) is 0.387. The Hall–Kier alpha value is -2.58. The monoisotopic (exact) mass is 490 g/mol. The Kier molecular flexibility index (Phi) is 7.82. The van der Waals surface area contributed by atoms with E-state index in [0.717, 1.165) is 16.7 Å². The summed E-state index contributed by atoms with van der Waals surface area (Å²) in [5.41, 5.74) is 3.25. The fourth-order valence-electron chi connectivity index (χ4n) is 4.72. The molecule has 0 radical (unpaired) electrons. The summed E-state index contributed by atoms with van der Waals surface area (Å²) < 4.78 is 38.0. The highest BCUT2D eigenvalue weighted by molar-refractivity contribution is 5.16. The summed E-state index contributed by atoms with van der Waals surface area (Å²) in [6.45, 7) is 5.68. The second-order valence-corrected chi connectivity index (χ2v) is 9.74. The van der Waals surface area contributed by atoms with E-state index < -0.39 is 29.9 Å². The highest BCUT2D eigenvalue weighted by Crippen LogP contribution is 2.44. The van der Waals surface area contributed by atoms with Gasteiger partial charge in [0, 0.05) is 0 Å². The standard InChI is InChI=1S/C30H34O6/c1-29(2)34-22-30(36-29)28(33-20-25-16-10-5-11-17-25)27(32-19-24-14-8-4-9-15-24)26(35-30)21-31-18-23-12-6-3-7-13-23/h3-17,26-28H,18-22H2,1-2H3/t26-,27-,28+,30?/m1/s1. The minimum Gasteiger partial charge on any atom is -0.374 e. The number of benzene rings is 3. The van der Waals surface area contributed by atoms with Crippen molar-refractivity contribution < 1.29 is 28.4 Å². The van der Waals surface area contributed by atoms with Crippen LogP contribution in [0.2, 0.25) is 0 Å². The van der Waals surface area contributed by atoms with Crippen molar-refractivity contribution in [1.82, 2.24) is 0 Å². The van der Waals surface area contributed by atoms with E-state index in [1.54, 1.807) is 0 Å². The van der Waals surface area contributed by atoms with Gasteiger partial charge in [0.25, 0.3) is 0 Å². The van der Waals surface area contributed by atoms with Crippen LogP contribution in [0.3, 0.4) is 0 Å². The van der Waals surface area contributed by atoms with E-state index in [9.17, 15) is 0 Å². The number of rotatable bonds is 10. The summed E-state index contributed by atoms with van der Waals surface area (Å²) in [7, 11) is 0. The largest absolute Gasteiger partial charge is 0.374 e. The van der Waals surface area contributed by atoms with Gasteiger partial charge in [-0.3, -0.25) is 0 Å². The van der Waals surface area contributed by atoms with Crippen molar-refractivity contribution >= 4 is 0 Å². The van der Waals surface area contributed by atoms with Crippen molar-refractivity contribution in [1.29, 1.82) is 0 Å². The fourth-order valence-corrected chi connectivity index (χ4v) is 4.72. The van der Waals surface area contributed by atoms with Crippen LogP contribution in [0.1, 0.15) is 30.5 Å². The summed E-state index contributed by atoms with van der Waals surface area (Å²) in [5.74, 6) is -1.88. The zero-order valence-corrected chi connectivity index (χ0v) is 20.9. The second kappa shape index (κ2) is 11.2. The molecule has 190 valence electrons.